The van der Waals surface area contributed by atoms with E-state index in [0.29, 0.717) is 24.1 Å². The third kappa shape index (κ3) is 6.42. The van der Waals surface area contributed by atoms with Gasteiger partial charge in [-0.05, 0) is 29.8 Å². The molecule has 2 amide bonds. The summed E-state index contributed by atoms with van der Waals surface area (Å²) in [4.78, 5) is 28.7. The number of hydrazine groups is 1. The largest absolute Gasteiger partial charge is 0.300 e. The Morgan fingerprint density at radius 3 is 2.21 bits per heavy atom. The maximum atomic E-state index is 12.0. The van der Waals surface area contributed by atoms with Crippen LogP contribution in [0.5, 0.6) is 0 Å². The van der Waals surface area contributed by atoms with E-state index in [-0.39, 0.29) is 5.91 Å². The van der Waals surface area contributed by atoms with Gasteiger partial charge in [-0.15, -0.1) is 0 Å². The second kappa shape index (κ2) is 10.4. The van der Waals surface area contributed by atoms with Gasteiger partial charge < -0.3 is 4.90 Å². The quantitative estimate of drug-likeness (QED) is 0.729. The van der Waals surface area contributed by atoms with Gasteiger partial charge in [-0.1, -0.05) is 30.3 Å². The van der Waals surface area contributed by atoms with Crippen molar-refractivity contribution in [1.82, 2.24) is 20.7 Å². The molecule has 2 aromatic carbocycles. The molecular formula is C22H25N5O2. The molecule has 0 atom stereocenters. The predicted octanol–water partition coefficient (Wildman–Crippen LogP) is 1.53. The second-order valence-electron chi connectivity index (χ2n) is 7.04. The van der Waals surface area contributed by atoms with Crippen molar-refractivity contribution >= 4 is 11.8 Å². The zero-order chi connectivity index (χ0) is 20.5. The molecule has 0 aromatic heterocycles. The van der Waals surface area contributed by atoms with E-state index in [1.165, 1.54) is 5.56 Å². The Bertz CT molecular complexity index is 853. The molecule has 1 aliphatic heterocycles. The van der Waals surface area contributed by atoms with Gasteiger partial charge >= 0.3 is 0 Å². The summed E-state index contributed by atoms with van der Waals surface area (Å²) in [5.74, 6) is -0.629. The Labute approximate surface area is 170 Å². The van der Waals surface area contributed by atoms with E-state index in [1.54, 1.807) is 24.3 Å². The van der Waals surface area contributed by atoms with Crippen LogP contribution in [0.15, 0.2) is 54.6 Å². The highest BCUT2D eigenvalue weighted by atomic mass is 16.2. The first-order chi connectivity index (χ1) is 14.1. The van der Waals surface area contributed by atoms with E-state index >= 15 is 0 Å². The maximum absolute atomic E-state index is 12.0. The highest BCUT2D eigenvalue weighted by Gasteiger charge is 2.17. The summed E-state index contributed by atoms with van der Waals surface area (Å²) in [5, 5.41) is 8.78. The monoisotopic (exact) mass is 391 g/mol. The highest BCUT2D eigenvalue weighted by Crippen LogP contribution is 2.08. The Hall–Kier alpha value is -3.21. The van der Waals surface area contributed by atoms with E-state index in [9.17, 15) is 9.59 Å². The summed E-state index contributed by atoms with van der Waals surface area (Å²) in [5.41, 5.74) is 7.05. The van der Waals surface area contributed by atoms with Crippen molar-refractivity contribution < 1.29 is 9.59 Å². The third-order valence-corrected chi connectivity index (χ3v) is 4.96. The molecule has 7 heteroatoms. The topological polar surface area (TPSA) is 88.5 Å². The van der Waals surface area contributed by atoms with Crippen LogP contribution in [0.1, 0.15) is 27.9 Å². The lowest BCUT2D eigenvalue weighted by Gasteiger charge is -2.34. The Balaban J connectivity index is 1.32. The zero-order valence-corrected chi connectivity index (χ0v) is 16.3. The number of rotatable bonds is 6. The van der Waals surface area contributed by atoms with Crippen LogP contribution in [-0.4, -0.2) is 54.3 Å². The van der Waals surface area contributed by atoms with Crippen molar-refractivity contribution in [3.05, 3.63) is 71.3 Å². The van der Waals surface area contributed by atoms with Crippen LogP contribution in [0.2, 0.25) is 0 Å². The minimum absolute atomic E-state index is 0.223. The van der Waals surface area contributed by atoms with Gasteiger partial charge in [0.25, 0.3) is 5.91 Å². The van der Waals surface area contributed by atoms with Gasteiger partial charge in [-0.3, -0.25) is 25.3 Å². The van der Waals surface area contributed by atoms with Crippen molar-refractivity contribution in [1.29, 1.82) is 5.26 Å². The molecule has 150 valence electrons. The molecule has 1 heterocycles. The average molecular weight is 391 g/mol. The fourth-order valence-electron chi connectivity index (χ4n) is 3.23. The molecule has 29 heavy (non-hydrogen) atoms. The number of nitrogens with one attached hydrogen (secondary N) is 2. The minimum Gasteiger partial charge on any atom is -0.300 e. The first-order valence-electron chi connectivity index (χ1n) is 9.72. The van der Waals surface area contributed by atoms with Gasteiger partial charge in [0.1, 0.15) is 0 Å². The van der Waals surface area contributed by atoms with Gasteiger partial charge in [0.2, 0.25) is 5.91 Å². The summed E-state index contributed by atoms with van der Waals surface area (Å²) in [6, 6.07) is 18.7. The molecule has 2 aromatic rings. The van der Waals surface area contributed by atoms with Crippen LogP contribution in [-0.2, 0) is 11.3 Å². The average Bonchev–Trinajstić information content (AvgIpc) is 2.77. The van der Waals surface area contributed by atoms with E-state index in [2.05, 4.69) is 44.9 Å². The number of nitriles is 1. The van der Waals surface area contributed by atoms with Gasteiger partial charge in [-0.25, -0.2) is 0 Å². The van der Waals surface area contributed by atoms with Crippen LogP contribution in [0.4, 0.5) is 0 Å². The molecule has 0 spiro atoms. The Morgan fingerprint density at radius 2 is 1.55 bits per heavy atom. The summed E-state index contributed by atoms with van der Waals surface area (Å²) in [6.07, 6.45) is 0.326. The highest BCUT2D eigenvalue weighted by molar-refractivity contribution is 5.95. The number of piperazine rings is 1. The van der Waals surface area contributed by atoms with Crippen molar-refractivity contribution in [3.8, 4) is 6.07 Å². The summed E-state index contributed by atoms with van der Waals surface area (Å²) >= 11 is 0. The van der Waals surface area contributed by atoms with Crippen LogP contribution >= 0.6 is 0 Å². The molecule has 0 aliphatic carbocycles. The standard InChI is InChI=1S/C22H25N5O2/c23-16-18-6-8-20(9-7-18)22(29)25-24-21(28)10-11-26-12-14-27(15-13-26)17-19-4-2-1-3-5-19/h1-9H,10-15,17H2,(H,24,28)(H,25,29). The lowest BCUT2D eigenvalue weighted by atomic mass is 10.1. The zero-order valence-electron chi connectivity index (χ0n) is 16.3. The van der Waals surface area contributed by atoms with Crippen LogP contribution < -0.4 is 10.9 Å². The molecule has 1 aliphatic rings. The smallest absolute Gasteiger partial charge is 0.269 e. The van der Waals surface area contributed by atoms with Crippen LogP contribution in [0.3, 0.4) is 0 Å². The molecule has 0 bridgehead atoms. The lowest BCUT2D eigenvalue weighted by Crippen LogP contribution is -2.47. The molecule has 1 fully saturated rings. The number of nitrogens with zero attached hydrogens (tertiary/aromatic N) is 3. The number of carbonyl (C=O) groups is 2. The summed E-state index contributed by atoms with van der Waals surface area (Å²) in [6.45, 7) is 5.43. The Kier molecular flexibility index (Phi) is 7.34. The normalized spacial score (nSPS) is 14.7. The van der Waals surface area contributed by atoms with Crippen molar-refractivity contribution in [3.63, 3.8) is 0 Å². The summed E-state index contributed by atoms with van der Waals surface area (Å²) in [7, 11) is 0. The van der Waals surface area contributed by atoms with Gasteiger partial charge in [0.15, 0.2) is 0 Å². The van der Waals surface area contributed by atoms with E-state index < -0.39 is 5.91 Å². The fourth-order valence-corrected chi connectivity index (χ4v) is 3.23. The number of benzene rings is 2. The first-order valence-corrected chi connectivity index (χ1v) is 9.72. The fraction of sp³-hybridized carbons (Fsp3) is 0.318. The first kappa shape index (κ1) is 20.5. The molecular weight excluding hydrogens is 366 g/mol. The van der Waals surface area contributed by atoms with Gasteiger partial charge in [0, 0.05) is 51.3 Å². The molecule has 0 radical (unpaired) electrons. The van der Waals surface area contributed by atoms with E-state index in [4.69, 9.17) is 5.26 Å². The second-order valence-corrected chi connectivity index (χ2v) is 7.04. The molecule has 2 N–H and O–H groups in total. The van der Waals surface area contributed by atoms with Crippen LogP contribution in [0.25, 0.3) is 0 Å². The SMILES string of the molecule is N#Cc1ccc(C(=O)NNC(=O)CCN2CCN(Cc3ccccc3)CC2)cc1. The molecule has 3 rings (SSSR count). The number of hydrogen-bond donors (Lipinski definition) is 2. The van der Waals surface area contributed by atoms with E-state index in [0.717, 1.165) is 32.7 Å². The third-order valence-electron chi connectivity index (χ3n) is 4.96. The van der Waals surface area contributed by atoms with E-state index in [1.807, 2.05) is 12.1 Å². The number of hydrogen-bond acceptors (Lipinski definition) is 5. The molecule has 7 nitrogen and oxygen atoms in total. The molecule has 0 unspecified atom stereocenters. The molecule has 1 saturated heterocycles. The number of carbonyl (C=O) groups excluding carboxylic acids is 2. The maximum Gasteiger partial charge on any atom is 0.269 e. The predicted molar refractivity (Wildman–Crippen MR) is 110 cm³/mol. The van der Waals surface area contributed by atoms with Gasteiger partial charge in [0.05, 0.1) is 11.6 Å². The lowest BCUT2D eigenvalue weighted by molar-refractivity contribution is -0.122. The Morgan fingerprint density at radius 1 is 0.897 bits per heavy atom. The molecule has 0 saturated carbocycles. The number of amides is 2. The van der Waals surface area contributed by atoms with Crippen molar-refractivity contribution in [2.75, 3.05) is 32.7 Å². The minimum atomic E-state index is -0.405. The summed E-state index contributed by atoms with van der Waals surface area (Å²) < 4.78 is 0. The van der Waals surface area contributed by atoms with Crippen molar-refractivity contribution in [2.24, 2.45) is 0 Å². The van der Waals surface area contributed by atoms with Crippen LogP contribution in [0, 0.1) is 11.3 Å². The van der Waals surface area contributed by atoms with Crippen molar-refractivity contribution in [2.45, 2.75) is 13.0 Å². The van der Waals surface area contributed by atoms with Gasteiger partial charge in [-0.2, -0.15) is 5.26 Å².